The van der Waals surface area contributed by atoms with E-state index in [2.05, 4.69) is 12.2 Å². The van der Waals surface area contributed by atoms with Gasteiger partial charge < -0.3 is 19.2 Å². The van der Waals surface area contributed by atoms with Gasteiger partial charge in [-0.15, -0.1) is 0 Å². The van der Waals surface area contributed by atoms with E-state index in [9.17, 15) is 14.4 Å². The van der Waals surface area contributed by atoms with Crippen molar-refractivity contribution in [1.82, 2.24) is 5.32 Å². The molecule has 1 aromatic heterocycles. The molecule has 0 atom stereocenters. The molecule has 0 aliphatic rings. The van der Waals surface area contributed by atoms with Crippen molar-refractivity contribution in [3.8, 4) is 11.5 Å². The van der Waals surface area contributed by atoms with Crippen LogP contribution in [0, 0.1) is 0 Å². The number of hydrogen-bond donors (Lipinski definition) is 1. The zero-order chi connectivity index (χ0) is 21.7. The van der Waals surface area contributed by atoms with Crippen molar-refractivity contribution < 1.29 is 23.5 Å². The molecule has 1 amide bonds. The third-order valence-electron chi connectivity index (χ3n) is 4.29. The van der Waals surface area contributed by atoms with E-state index < -0.39 is 17.5 Å². The van der Waals surface area contributed by atoms with Gasteiger partial charge in [-0.3, -0.25) is 4.79 Å². The highest BCUT2D eigenvalue weighted by Gasteiger charge is 2.15. The van der Waals surface area contributed by atoms with Gasteiger partial charge in [0.05, 0.1) is 0 Å². The van der Waals surface area contributed by atoms with E-state index in [0.29, 0.717) is 11.1 Å². The Morgan fingerprint density at radius 2 is 1.73 bits per heavy atom. The summed E-state index contributed by atoms with van der Waals surface area (Å²) in [6, 6.07) is 13.4. The monoisotopic (exact) mass is 409 g/mol. The fourth-order valence-electron chi connectivity index (χ4n) is 2.78. The zero-order valence-corrected chi connectivity index (χ0v) is 17.1. The second kappa shape index (κ2) is 9.26. The number of carbonyl (C=O) groups excluding carboxylic acids is 2. The smallest absolute Gasteiger partial charge is 0.349 e. The summed E-state index contributed by atoms with van der Waals surface area (Å²) in [6.45, 7) is 5.39. The topological polar surface area (TPSA) is 94.8 Å². The van der Waals surface area contributed by atoms with Gasteiger partial charge in [0, 0.05) is 17.5 Å². The van der Waals surface area contributed by atoms with Crippen LogP contribution in [0.5, 0.6) is 11.5 Å². The Morgan fingerprint density at radius 3 is 2.40 bits per heavy atom. The molecule has 156 valence electrons. The minimum atomic E-state index is -0.761. The van der Waals surface area contributed by atoms with E-state index in [0.717, 1.165) is 6.42 Å². The molecule has 1 N–H and O–H groups in total. The number of carbonyl (C=O) groups is 2. The predicted octanol–water partition coefficient (Wildman–Crippen LogP) is 3.48. The molecule has 0 saturated heterocycles. The standard InChI is InChI=1S/C23H23NO6/c1-4-15-5-8-17(9-6-15)28-13-21(25)29-18-10-7-16-11-19(22(26)24-14(2)3)23(27)30-20(16)12-18/h5-12,14H,4,13H2,1-3H3,(H,24,26). The molecule has 0 aliphatic carbocycles. The molecule has 3 rings (SSSR count). The number of aryl methyl sites for hydroxylation is 1. The molecule has 30 heavy (non-hydrogen) atoms. The molecule has 0 unspecified atom stereocenters. The number of benzene rings is 2. The van der Waals surface area contributed by atoms with Gasteiger partial charge in [-0.1, -0.05) is 19.1 Å². The first-order valence-corrected chi connectivity index (χ1v) is 9.67. The van der Waals surface area contributed by atoms with Crippen LogP contribution in [0.3, 0.4) is 0 Å². The van der Waals surface area contributed by atoms with Gasteiger partial charge >= 0.3 is 11.6 Å². The lowest BCUT2D eigenvalue weighted by atomic mass is 10.1. The highest BCUT2D eigenvalue weighted by Crippen LogP contribution is 2.21. The Bertz CT molecular complexity index is 1110. The van der Waals surface area contributed by atoms with E-state index in [-0.39, 0.29) is 29.5 Å². The molecule has 3 aromatic rings. The van der Waals surface area contributed by atoms with Crippen molar-refractivity contribution in [3.63, 3.8) is 0 Å². The zero-order valence-electron chi connectivity index (χ0n) is 17.1. The third-order valence-corrected chi connectivity index (χ3v) is 4.29. The van der Waals surface area contributed by atoms with Crippen LogP contribution < -0.4 is 20.4 Å². The second-order valence-corrected chi connectivity index (χ2v) is 7.04. The highest BCUT2D eigenvalue weighted by atomic mass is 16.6. The lowest BCUT2D eigenvalue weighted by molar-refractivity contribution is -0.136. The summed E-state index contributed by atoms with van der Waals surface area (Å²) in [7, 11) is 0. The first-order chi connectivity index (χ1) is 14.4. The average Bonchev–Trinajstić information content (AvgIpc) is 2.71. The van der Waals surface area contributed by atoms with Crippen LogP contribution in [0.1, 0.15) is 36.7 Å². The lowest BCUT2D eigenvalue weighted by Crippen LogP contribution is -2.33. The maximum absolute atomic E-state index is 12.1. The maximum Gasteiger partial charge on any atom is 0.349 e. The molecule has 2 aromatic carbocycles. The van der Waals surface area contributed by atoms with Crippen molar-refractivity contribution in [1.29, 1.82) is 0 Å². The maximum atomic E-state index is 12.1. The molecule has 0 bridgehead atoms. The minimum Gasteiger partial charge on any atom is -0.482 e. The number of ether oxygens (including phenoxy) is 2. The number of nitrogens with one attached hydrogen (secondary N) is 1. The Balaban J connectivity index is 1.68. The SMILES string of the molecule is CCc1ccc(OCC(=O)Oc2ccc3cc(C(=O)NC(C)C)c(=O)oc3c2)cc1. The molecule has 7 heteroatoms. The number of esters is 1. The predicted molar refractivity (Wildman–Crippen MR) is 112 cm³/mol. The van der Waals surface area contributed by atoms with Gasteiger partial charge in [-0.25, -0.2) is 9.59 Å². The normalized spacial score (nSPS) is 10.8. The summed E-state index contributed by atoms with van der Waals surface area (Å²) in [4.78, 5) is 36.3. The van der Waals surface area contributed by atoms with E-state index in [4.69, 9.17) is 13.9 Å². The van der Waals surface area contributed by atoms with Crippen LogP contribution in [0.15, 0.2) is 57.7 Å². The van der Waals surface area contributed by atoms with Crippen LogP contribution in [0.2, 0.25) is 0 Å². The van der Waals surface area contributed by atoms with E-state index in [1.54, 1.807) is 38.1 Å². The number of hydrogen-bond acceptors (Lipinski definition) is 6. The lowest BCUT2D eigenvalue weighted by Gasteiger charge is -2.09. The molecule has 7 nitrogen and oxygen atoms in total. The highest BCUT2D eigenvalue weighted by molar-refractivity contribution is 5.96. The summed E-state index contributed by atoms with van der Waals surface area (Å²) < 4.78 is 15.9. The van der Waals surface area contributed by atoms with Gasteiger partial charge in [0.2, 0.25) is 0 Å². The van der Waals surface area contributed by atoms with Gasteiger partial charge in [-0.05, 0) is 56.2 Å². The van der Waals surface area contributed by atoms with Crippen molar-refractivity contribution >= 4 is 22.8 Å². The molecular weight excluding hydrogens is 386 g/mol. The van der Waals surface area contributed by atoms with Crippen LogP contribution in [-0.4, -0.2) is 24.5 Å². The fraction of sp³-hybridized carbons (Fsp3) is 0.261. The first-order valence-electron chi connectivity index (χ1n) is 9.67. The first kappa shape index (κ1) is 21.1. The van der Waals surface area contributed by atoms with Crippen LogP contribution in [0.4, 0.5) is 0 Å². The largest absolute Gasteiger partial charge is 0.482 e. The molecular formula is C23H23NO6. The van der Waals surface area contributed by atoms with Crippen molar-refractivity contribution in [3.05, 3.63) is 70.1 Å². The van der Waals surface area contributed by atoms with Gasteiger partial charge in [0.25, 0.3) is 5.91 Å². The van der Waals surface area contributed by atoms with Crippen LogP contribution in [0.25, 0.3) is 11.0 Å². The second-order valence-electron chi connectivity index (χ2n) is 7.04. The number of amides is 1. The van der Waals surface area contributed by atoms with Crippen molar-refractivity contribution in [2.45, 2.75) is 33.2 Å². The van der Waals surface area contributed by atoms with Gasteiger partial charge in [-0.2, -0.15) is 0 Å². The Hall–Kier alpha value is -3.61. The number of fused-ring (bicyclic) bond motifs is 1. The number of rotatable bonds is 7. The van der Waals surface area contributed by atoms with Crippen LogP contribution >= 0.6 is 0 Å². The van der Waals surface area contributed by atoms with Gasteiger partial charge in [0.15, 0.2) is 6.61 Å². The quantitative estimate of drug-likeness (QED) is 0.365. The fourth-order valence-corrected chi connectivity index (χ4v) is 2.78. The molecule has 0 radical (unpaired) electrons. The van der Waals surface area contributed by atoms with E-state index in [1.807, 2.05) is 12.1 Å². The summed E-state index contributed by atoms with van der Waals surface area (Å²) in [5.41, 5.74) is 0.543. The van der Waals surface area contributed by atoms with Crippen molar-refractivity contribution in [2.75, 3.05) is 6.61 Å². The molecule has 0 fully saturated rings. The minimum absolute atomic E-state index is 0.0802. The summed E-state index contributed by atoms with van der Waals surface area (Å²) >= 11 is 0. The Labute approximate surface area is 173 Å². The van der Waals surface area contributed by atoms with Crippen LogP contribution in [-0.2, 0) is 11.2 Å². The van der Waals surface area contributed by atoms with E-state index in [1.165, 1.54) is 17.7 Å². The molecule has 1 heterocycles. The van der Waals surface area contributed by atoms with E-state index >= 15 is 0 Å². The Kier molecular flexibility index (Phi) is 6.51. The summed E-state index contributed by atoms with van der Waals surface area (Å²) in [5.74, 6) is -0.315. The molecule has 0 saturated carbocycles. The molecule has 0 aliphatic heterocycles. The van der Waals surface area contributed by atoms with Crippen molar-refractivity contribution in [2.24, 2.45) is 0 Å². The average molecular weight is 409 g/mol. The third kappa shape index (κ3) is 5.26. The Morgan fingerprint density at radius 1 is 1.03 bits per heavy atom. The summed E-state index contributed by atoms with van der Waals surface area (Å²) in [6.07, 6.45) is 0.921. The van der Waals surface area contributed by atoms with Gasteiger partial charge in [0.1, 0.15) is 22.6 Å². The molecule has 0 spiro atoms. The summed E-state index contributed by atoms with van der Waals surface area (Å²) in [5, 5.41) is 3.19.